The standard InChI is InChI=1S/C25H20F3N5O3/c1-35-19-5-6-21-20(10-19)16(11-29-21)7-8-33-13-18(12-31-33)32-24(34)22-23(36-14-30-22)15-3-2-4-17(9-15)25(26,27)28/h2-6,9-14,29H,7-8H2,1H3,(H,32,34). The number of rotatable bonds is 7. The van der Waals surface area contributed by atoms with E-state index < -0.39 is 17.6 Å². The number of hydrogen-bond acceptors (Lipinski definition) is 5. The van der Waals surface area contributed by atoms with E-state index in [0.717, 1.165) is 40.7 Å². The number of benzene rings is 2. The Morgan fingerprint density at radius 3 is 2.89 bits per heavy atom. The quantitative estimate of drug-likeness (QED) is 0.309. The molecule has 0 aliphatic rings. The first-order valence-electron chi connectivity index (χ1n) is 10.9. The van der Waals surface area contributed by atoms with Crippen molar-refractivity contribution in [1.82, 2.24) is 19.7 Å². The van der Waals surface area contributed by atoms with Crippen LogP contribution in [0.1, 0.15) is 21.6 Å². The summed E-state index contributed by atoms with van der Waals surface area (Å²) in [6.45, 7) is 0.555. The Hall–Kier alpha value is -4.54. The van der Waals surface area contributed by atoms with Gasteiger partial charge in [-0.15, -0.1) is 0 Å². The number of fused-ring (bicyclic) bond motifs is 1. The zero-order valence-corrected chi connectivity index (χ0v) is 19.0. The average molecular weight is 495 g/mol. The van der Waals surface area contributed by atoms with Gasteiger partial charge in [-0.05, 0) is 42.3 Å². The predicted molar refractivity (Wildman–Crippen MR) is 126 cm³/mol. The zero-order chi connectivity index (χ0) is 25.3. The maximum Gasteiger partial charge on any atom is 0.416 e. The van der Waals surface area contributed by atoms with E-state index in [-0.39, 0.29) is 17.0 Å². The van der Waals surface area contributed by atoms with Crippen LogP contribution in [0.4, 0.5) is 18.9 Å². The molecule has 8 nitrogen and oxygen atoms in total. The molecule has 2 aromatic carbocycles. The van der Waals surface area contributed by atoms with Gasteiger partial charge in [0.05, 0.1) is 24.6 Å². The first-order chi connectivity index (χ1) is 17.3. The summed E-state index contributed by atoms with van der Waals surface area (Å²) >= 11 is 0. The van der Waals surface area contributed by atoms with Gasteiger partial charge in [0.25, 0.3) is 5.91 Å². The van der Waals surface area contributed by atoms with Crippen molar-refractivity contribution < 1.29 is 27.1 Å². The summed E-state index contributed by atoms with van der Waals surface area (Å²) in [6, 6.07) is 10.3. The number of aromatic nitrogens is 4. The number of ether oxygens (including phenoxy) is 1. The Labute approximate surface area is 202 Å². The highest BCUT2D eigenvalue weighted by molar-refractivity contribution is 6.06. The number of carbonyl (C=O) groups is 1. The maximum absolute atomic E-state index is 13.1. The molecule has 184 valence electrons. The first-order valence-corrected chi connectivity index (χ1v) is 10.9. The second-order valence-corrected chi connectivity index (χ2v) is 8.03. The van der Waals surface area contributed by atoms with E-state index in [9.17, 15) is 18.0 Å². The minimum atomic E-state index is -4.52. The third-order valence-corrected chi connectivity index (χ3v) is 5.71. The lowest BCUT2D eigenvalue weighted by molar-refractivity contribution is -0.137. The molecule has 0 saturated carbocycles. The van der Waals surface area contributed by atoms with Crippen LogP contribution in [0, 0.1) is 0 Å². The van der Waals surface area contributed by atoms with Crippen LogP contribution < -0.4 is 10.1 Å². The van der Waals surface area contributed by atoms with Gasteiger partial charge in [0.2, 0.25) is 0 Å². The summed E-state index contributed by atoms with van der Waals surface area (Å²) in [6.07, 6.45) is 2.27. The van der Waals surface area contributed by atoms with E-state index in [2.05, 4.69) is 20.4 Å². The molecule has 0 fully saturated rings. The van der Waals surface area contributed by atoms with Crippen molar-refractivity contribution in [1.29, 1.82) is 0 Å². The van der Waals surface area contributed by atoms with Crippen LogP contribution in [0.3, 0.4) is 0 Å². The molecule has 0 saturated heterocycles. The van der Waals surface area contributed by atoms with Crippen LogP contribution in [-0.4, -0.2) is 32.8 Å². The van der Waals surface area contributed by atoms with E-state index in [1.54, 1.807) is 18.0 Å². The highest BCUT2D eigenvalue weighted by Crippen LogP contribution is 2.33. The molecule has 0 unspecified atom stereocenters. The highest BCUT2D eigenvalue weighted by atomic mass is 19.4. The Kier molecular flexibility index (Phi) is 5.96. The van der Waals surface area contributed by atoms with Crippen molar-refractivity contribution in [2.24, 2.45) is 0 Å². The minimum Gasteiger partial charge on any atom is -0.497 e. The van der Waals surface area contributed by atoms with Gasteiger partial charge in [-0.25, -0.2) is 4.98 Å². The zero-order valence-electron chi connectivity index (χ0n) is 19.0. The fourth-order valence-electron chi connectivity index (χ4n) is 3.92. The molecule has 0 aliphatic heterocycles. The van der Waals surface area contributed by atoms with Gasteiger partial charge in [-0.2, -0.15) is 18.3 Å². The van der Waals surface area contributed by atoms with Gasteiger partial charge in [-0.1, -0.05) is 12.1 Å². The third-order valence-electron chi connectivity index (χ3n) is 5.71. The van der Waals surface area contributed by atoms with Crippen molar-refractivity contribution in [3.8, 4) is 17.1 Å². The summed E-state index contributed by atoms with van der Waals surface area (Å²) in [4.78, 5) is 19.9. The van der Waals surface area contributed by atoms with E-state index in [4.69, 9.17) is 9.15 Å². The van der Waals surface area contributed by atoms with Crippen LogP contribution in [-0.2, 0) is 19.1 Å². The maximum atomic E-state index is 13.1. The number of nitrogens with zero attached hydrogens (tertiary/aromatic N) is 3. The number of aryl methyl sites for hydroxylation is 2. The second-order valence-electron chi connectivity index (χ2n) is 8.03. The highest BCUT2D eigenvalue weighted by Gasteiger charge is 2.31. The van der Waals surface area contributed by atoms with Crippen molar-refractivity contribution >= 4 is 22.5 Å². The first kappa shape index (κ1) is 23.2. The van der Waals surface area contributed by atoms with Crippen molar-refractivity contribution in [3.63, 3.8) is 0 Å². The fourth-order valence-corrected chi connectivity index (χ4v) is 3.92. The van der Waals surface area contributed by atoms with E-state index in [0.29, 0.717) is 18.7 Å². The molecular weight excluding hydrogens is 475 g/mol. The summed E-state index contributed by atoms with van der Waals surface area (Å²) in [5.41, 5.74) is 1.63. The van der Waals surface area contributed by atoms with Gasteiger partial charge < -0.3 is 19.5 Å². The van der Waals surface area contributed by atoms with Gasteiger partial charge in [0.1, 0.15) is 5.75 Å². The number of carbonyl (C=O) groups excluding carboxylic acids is 1. The lowest BCUT2D eigenvalue weighted by Crippen LogP contribution is -2.13. The number of nitrogens with one attached hydrogen (secondary N) is 2. The third kappa shape index (κ3) is 4.67. The van der Waals surface area contributed by atoms with E-state index in [1.807, 2.05) is 24.4 Å². The molecule has 0 atom stereocenters. The van der Waals surface area contributed by atoms with Gasteiger partial charge in [-0.3, -0.25) is 9.48 Å². The van der Waals surface area contributed by atoms with E-state index >= 15 is 0 Å². The summed E-state index contributed by atoms with van der Waals surface area (Å²) in [5, 5.41) is 8.01. The molecule has 0 aliphatic carbocycles. The van der Waals surface area contributed by atoms with Crippen molar-refractivity contribution in [3.05, 3.63) is 84.3 Å². The predicted octanol–water partition coefficient (Wildman–Crippen LogP) is 5.54. The molecule has 5 aromatic rings. The van der Waals surface area contributed by atoms with Gasteiger partial charge in [0.15, 0.2) is 17.8 Å². The topological polar surface area (TPSA) is 98.0 Å². The summed E-state index contributed by atoms with van der Waals surface area (Å²) in [5.74, 6) is 0.0880. The Balaban J connectivity index is 1.27. The number of oxazole rings is 1. The van der Waals surface area contributed by atoms with Crippen molar-refractivity contribution in [2.75, 3.05) is 12.4 Å². The summed E-state index contributed by atoms with van der Waals surface area (Å²) < 4.78 is 51.5. The molecule has 3 heterocycles. The SMILES string of the molecule is COc1ccc2[nH]cc(CCn3cc(NC(=O)c4ncoc4-c4cccc(C(F)(F)F)c4)cn3)c2c1. The smallest absolute Gasteiger partial charge is 0.416 e. The van der Waals surface area contributed by atoms with Crippen molar-refractivity contribution in [2.45, 2.75) is 19.1 Å². The largest absolute Gasteiger partial charge is 0.497 e. The fraction of sp³-hybridized carbons (Fsp3) is 0.160. The van der Waals surface area contributed by atoms with Crippen LogP contribution in [0.2, 0.25) is 0 Å². The number of amides is 1. The second kappa shape index (κ2) is 9.25. The number of aromatic amines is 1. The van der Waals surface area contributed by atoms with Crippen LogP contribution >= 0.6 is 0 Å². The molecule has 2 N–H and O–H groups in total. The molecule has 3 aromatic heterocycles. The average Bonchev–Trinajstić information content (AvgIpc) is 3.61. The van der Waals surface area contributed by atoms with Crippen LogP contribution in [0.5, 0.6) is 5.75 Å². The molecule has 0 radical (unpaired) electrons. The Morgan fingerprint density at radius 1 is 1.22 bits per heavy atom. The lowest BCUT2D eigenvalue weighted by Gasteiger charge is -2.08. The van der Waals surface area contributed by atoms with Gasteiger partial charge in [0, 0.05) is 35.4 Å². The molecule has 36 heavy (non-hydrogen) atoms. The molecule has 0 spiro atoms. The molecule has 11 heteroatoms. The van der Waals surface area contributed by atoms with Gasteiger partial charge >= 0.3 is 6.18 Å². The Bertz CT molecular complexity index is 1530. The lowest BCUT2D eigenvalue weighted by atomic mass is 10.1. The molecule has 5 rings (SSSR count). The molecule has 1 amide bonds. The number of hydrogen-bond donors (Lipinski definition) is 2. The Morgan fingerprint density at radius 2 is 2.08 bits per heavy atom. The monoisotopic (exact) mass is 495 g/mol. The number of anilines is 1. The number of alkyl halides is 3. The van der Waals surface area contributed by atoms with Crippen LogP contribution in [0.25, 0.3) is 22.2 Å². The number of methoxy groups -OCH3 is 1. The molecule has 0 bridgehead atoms. The number of H-pyrrole nitrogens is 1. The normalized spacial score (nSPS) is 11.7. The van der Waals surface area contributed by atoms with Crippen LogP contribution in [0.15, 0.2) is 71.9 Å². The molecular formula is C25H20F3N5O3. The van der Waals surface area contributed by atoms with E-state index in [1.165, 1.54) is 18.3 Å². The number of halogens is 3. The summed E-state index contributed by atoms with van der Waals surface area (Å²) in [7, 11) is 1.62. The minimum absolute atomic E-state index is 0.0549.